The first-order valence-electron chi connectivity index (χ1n) is 11.9. The molecule has 3 aromatic carbocycles. The molecule has 7 nitrogen and oxygen atoms in total. The van der Waals surface area contributed by atoms with Crippen LogP contribution in [0.4, 0.5) is 0 Å². The van der Waals surface area contributed by atoms with Crippen LogP contribution in [0.2, 0.25) is 0 Å². The Morgan fingerprint density at radius 3 is 2.50 bits per heavy atom. The summed E-state index contributed by atoms with van der Waals surface area (Å²) in [5.74, 6) is 1.07. The van der Waals surface area contributed by atoms with Crippen LogP contribution < -0.4 is 19.6 Å². The Hall–Kier alpha value is -4.04. The summed E-state index contributed by atoms with van der Waals surface area (Å²) in [6, 6.07) is 19.1. The molecule has 0 saturated heterocycles. The molecule has 8 heteroatoms. The van der Waals surface area contributed by atoms with Gasteiger partial charge < -0.3 is 9.47 Å². The Bertz CT molecular complexity index is 1650. The zero-order valence-electron chi connectivity index (χ0n) is 20.1. The van der Waals surface area contributed by atoms with E-state index in [1.807, 2.05) is 60.7 Å². The van der Waals surface area contributed by atoms with E-state index in [9.17, 15) is 9.59 Å². The molecular formula is C28H25N3O4S. The first kappa shape index (κ1) is 23.7. The highest BCUT2D eigenvalue weighted by atomic mass is 32.1. The predicted octanol–water partition coefficient (Wildman–Crippen LogP) is 5.01. The third-order valence-electron chi connectivity index (χ3n) is 5.72. The summed E-state index contributed by atoms with van der Waals surface area (Å²) >= 11 is 1.26. The van der Waals surface area contributed by atoms with Crippen LogP contribution in [0, 0.1) is 0 Å². The number of carbonyl (C=O) groups excluding carboxylic acids is 1. The minimum atomic E-state index is -0.439. The largest absolute Gasteiger partial charge is 0.494 e. The van der Waals surface area contributed by atoms with Crippen LogP contribution in [0.25, 0.3) is 33.2 Å². The Balaban J connectivity index is 1.46. The van der Waals surface area contributed by atoms with Crippen molar-refractivity contribution in [2.75, 3.05) is 6.61 Å². The topological polar surface area (TPSA) is 82.8 Å². The van der Waals surface area contributed by atoms with Crippen molar-refractivity contribution < 1.29 is 14.3 Å². The predicted molar refractivity (Wildman–Crippen MR) is 142 cm³/mol. The molecule has 0 spiro atoms. The van der Waals surface area contributed by atoms with Crippen molar-refractivity contribution in [3.63, 3.8) is 0 Å². The molecule has 0 N–H and O–H groups in total. The maximum atomic E-state index is 13.1. The molecule has 182 valence electrons. The van der Waals surface area contributed by atoms with Crippen LogP contribution in [-0.2, 0) is 4.79 Å². The number of benzene rings is 3. The summed E-state index contributed by atoms with van der Waals surface area (Å²) in [6.45, 7) is 4.21. The molecule has 2 aromatic heterocycles. The van der Waals surface area contributed by atoms with Crippen molar-refractivity contribution in [2.24, 2.45) is 0 Å². The van der Waals surface area contributed by atoms with Gasteiger partial charge in [0.25, 0.3) is 5.56 Å². The van der Waals surface area contributed by atoms with Crippen LogP contribution in [0.15, 0.2) is 65.5 Å². The van der Waals surface area contributed by atoms with Crippen LogP contribution in [0.5, 0.6) is 11.5 Å². The standard InChI is InChI=1S/C28H25N3O4S/c1-3-4-7-14-34-22-12-10-19(11-13-22)15-25-27(33)31-28(36-25)29-26(30-31)23-16-20-8-5-6-9-21(20)17-24(23)35-18(2)32/h5-6,8-13,15-17H,3-4,7,14H2,1-2H3/b25-15+. The number of esters is 1. The van der Waals surface area contributed by atoms with E-state index in [2.05, 4.69) is 17.0 Å². The molecule has 36 heavy (non-hydrogen) atoms. The van der Waals surface area contributed by atoms with E-state index in [-0.39, 0.29) is 5.56 Å². The van der Waals surface area contributed by atoms with Crippen LogP contribution in [-0.4, -0.2) is 27.2 Å². The van der Waals surface area contributed by atoms with Crippen molar-refractivity contribution in [1.82, 2.24) is 14.6 Å². The molecule has 0 radical (unpaired) electrons. The van der Waals surface area contributed by atoms with E-state index in [1.165, 1.54) is 22.8 Å². The van der Waals surface area contributed by atoms with Gasteiger partial charge in [-0.1, -0.05) is 67.5 Å². The smallest absolute Gasteiger partial charge is 0.308 e. The fourth-order valence-electron chi connectivity index (χ4n) is 3.93. The number of carbonyl (C=O) groups is 1. The molecule has 0 fully saturated rings. The molecular weight excluding hydrogens is 474 g/mol. The van der Waals surface area contributed by atoms with Gasteiger partial charge in [0.2, 0.25) is 4.96 Å². The monoisotopic (exact) mass is 499 g/mol. The van der Waals surface area contributed by atoms with E-state index in [4.69, 9.17) is 9.47 Å². The van der Waals surface area contributed by atoms with Gasteiger partial charge in [-0.2, -0.15) is 9.50 Å². The summed E-state index contributed by atoms with van der Waals surface area (Å²) in [7, 11) is 0. The van der Waals surface area contributed by atoms with Crippen LogP contribution in [0.1, 0.15) is 38.7 Å². The molecule has 0 aliphatic carbocycles. The Labute approximate surface area is 211 Å². The number of hydrogen-bond donors (Lipinski definition) is 0. The van der Waals surface area contributed by atoms with Crippen LogP contribution >= 0.6 is 11.3 Å². The SMILES string of the molecule is CCCCCOc1ccc(/C=c2/sc3nc(-c4cc5ccccc5cc4OC(C)=O)nn3c2=O)cc1. The Kier molecular flexibility index (Phi) is 6.77. The number of rotatable bonds is 8. The van der Waals surface area contributed by atoms with Gasteiger partial charge in [0.05, 0.1) is 16.7 Å². The van der Waals surface area contributed by atoms with E-state index in [0.29, 0.717) is 33.2 Å². The zero-order valence-corrected chi connectivity index (χ0v) is 20.9. The zero-order chi connectivity index (χ0) is 25.1. The van der Waals surface area contributed by atoms with Crippen molar-refractivity contribution >= 4 is 39.1 Å². The fourth-order valence-corrected chi connectivity index (χ4v) is 4.84. The van der Waals surface area contributed by atoms with Gasteiger partial charge in [-0.05, 0) is 53.1 Å². The Morgan fingerprint density at radius 2 is 1.81 bits per heavy atom. The second-order valence-corrected chi connectivity index (χ2v) is 9.47. The average Bonchev–Trinajstić information content (AvgIpc) is 3.41. The number of ether oxygens (including phenoxy) is 2. The molecule has 2 heterocycles. The lowest BCUT2D eigenvalue weighted by Gasteiger charge is -2.08. The number of unbranched alkanes of at least 4 members (excludes halogenated alkanes) is 2. The maximum absolute atomic E-state index is 13.1. The van der Waals surface area contributed by atoms with E-state index in [1.54, 1.807) is 6.07 Å². The molecule has 0 atom stereocenters. The van der Waals surface area contributed by atoms with Crippen molar-refractivity contribution in [3.05, 3.63) is 81.1 Å². The summed E-state index contributed by atoms with van der Waals surface area (Å²) in [5.41, 5.74) is 1.20. The molecule has 0 saturated carbocycles. The normalized spacial score (nSPS) is 11.9. The third-order valence-corrected chi connectivity index (χ3v) is 6.68. The number of aromatic nitrogens is 3. The number of hydrogen-bond acceptors (Lipinski definition) is 7. The highest BCUT2D eigenvalue weighted by Gasteiger charge is 2.17. The highest BCUT2D eigenvalue weighted by molar-refractivity contribution is 7.15. The number of fused-ring (bicyclic) bond motifs is 2. The van der Waals surface area contributed by atoms with Crippen LogP contribution in [0.3, 0.4) is 0 Å². The van der Waals surface area contributed by atoms with E-state index >= 15 is 0 Å². The van der Waals surface area contributed by atoms with Crippen molar-refractivity contribution in [2.45, 2.75) is 33.1 Å². The number of nitrogens with zero attached hydrogens (tertiary/aromatic N) is 3. The van der Waals surface area contributed by atoms with Gasteiger partial charge in [0, 0.05) is 6.92 Å². The van der Waals surface area contributed by atoms with Crippen molar-refractivity contribution in [3.8, 4) is 22.9 Å². The Morgan fingerprint density at radius 1 is 1.06 bits per heavy atom. The number of thiazole rings is 1. The molecule has 5 rings (SSSR count). The summed E-state index contributed by atoms with van der Waals surface area (Å²) < 4.78 is 13.0. The van der Waals surface area contributed by atoms with Gasteiger partial charge >= 0.3 is 5.97 Å². The lowest BCUT2D eigenvalue weighted by atomic mass is 10.1. The van der Waals surface area contributed by atoms with E-state index < -0.39 is 5.97 Å². The summed E-state index contributed by atoms with van der Waals surface area (Å²) in [6.07, 6.45) is 5.17. The quantitative estimate of drug-likeness (QED) is 0.170. The first-order chi connectivity index (χ1) is 17.5. The van der Waals surface area contributed by atoms with Gasteiger partial charge in [-0.25, -0.2) is 0 Å². The molecule has 0 amide bonds. The fraction of sp³-hybridized carbons (Fsp3) is 0.214. The van der Waals surface area contributed by atoms with Gasteiger partial charge in [-0.15, -0.1) is 5.10 Å². The van der Waals surface area contributed by atoms with Gasteiger partial charge in [0.15, 0.2) is 5.82 Å². The molecule has 0 aliphatic heterocycles. The third kappa shape index (κ3) is 4.99. The lowest BCUT2D eigenvalue weighted by molar-refractivity contribution is -0.131. The molecule has 0 unspecified atom stereocenters. The highest BCUT2D eigenvalue weighted by Crippen LogP contribution is 2.33. The molecule has 5 aromatic rings. The second-order valence-electron chi connectivity index (χ2n) is 8.46. The van der Waals surface area contributed by atoms with Gasteiger partial charge in [-0.3, -0.25) is 9.59 Å². The van der Waals surface area contributed by atoms with Gasteiger partial charge in [0.1, 0.15) is 11.5 Å². The minimum Gasteiger partial charge on any atom is -0.494 e. The maximum Gasteiger partial charge on any atom is 0.308 e. The summed E-state index contributed by atoms with van der Waals surface area (Å²) in [4.78, 5) is 29.8. The summed E-state index contributed by atoms with van der Waals surface area (Å²) in [5, 5.41) is 6.34. The lowest BCUT2D eigenvalue weighted by Crippen LogP contribution is -2.23. The average molecular weight is 500 g/mol. The minimum absolute atomic E-state index is 0.247. The molecule has 0 aliphatic rings. The second kappa shape index (κ2) is 10.3. The van der Waals surface area contributed by atoms with Crippen molar-refractivity contribution in [1.29, 1.82) is 0 Å². The first-order valence-corrected chi connectivity index (χ1v) is 12.7. The van der Waals surface area contributed by atoms with E-state index in [0.717, 1.165) is 41.3 Å². The molecule has 0 bridgehead atoms.